The third-order valence-electron chi connectivity index (χ3n) is 11.4. The van der Waals surface area contributed by atoms with E-state index < -0.39 is 11.0 Å². The number of benzene rings is 2. The summed E-state index contributed by atoms with van der Waals surface area (Å²) < 4.78 is 9.56. The maximum Gasteiger partial charge on any atom is 0.166 e. The van der Waals surface area contributed by atoms with Crippen LogP contribution in [0, 0.1) is 5.92 Å². The Morgan fingerprint density at radius 3 is 2.69 bits per heavy atom. The average Bonchev–Trinajstić information content (AvgIpc) is 3.62. The van der Waals surface area contributed by atoms with E-state index in [2.05, 4.69) is 45.9 Å². The molecule has 39 heavy (non-hydrogen) atoms. The lowest BCUT2D eigenvalue weighted by Gasteiger charge is -2.63. The van der Waals surface area contributed by atoms with Crippen LogP contribution in [0.4, 0.5) is 0 Å². The highest BCUT2D eigenvalue weighted by Crippen LogP contribution is 2.69. The molecule has 2 N–H and O–H groups in total. The van der Waals surface area contributed by atoms with Crippen LogP contribution in [-0.2, 0) is 44.1 Å². The lowest BCUT2D eigenvalue weighted by Crippen LogP contribution is -2.74. The van der Waals surface area contributed by atoms with Gasteiger partial charge >= 0.3 is 0 Å². The van der Waals surface area contributed by atoms with Gasteiger partial charge in [-0.05, 0) is 98.6 Å². The summed E-state index contributed by atoms with van der Waals surface area (Å²) in [5.41, 5.74) is 8.02. The number of ether oxygens (including phenoxy) is 1. The molecule has 1 saturated carbocycles. The number of hydrogen-bond acceptors (Lipinski definition) is 4. The second kappa shape index (κ2) is 7.92. The molecule has 1 spiro atoms. The third kappa shape index (κ3) is 2.93. The maximum absolute atomic E-state index is 13.2. The SMILES string of the molecule is Oc1ccc2c3c1O[C@H]1c4c(c5c(n4CCc4ccccc4)CCCC5)C[C@@]4(O)[C@@H](C2)N(CC2CC2)CC[C@]314. The van der Waals surface area contributed by atoms with E-state index in [0.717, 1.165) is 63.2 Å². The van der Waals surface area contributed by atoms with Crippen LogP contribution >= 0.6 is 0 Å². The maximum atomic E-state index is 13.2. The third-order valence-corrected chi connectivity index (χ3v) is 11.4. The van der Waals surface area contributed by atoms with Gasteiger partial charge in [-0.2, -0.15) is 0 Å². The number of piperidine rings is 1. The normalized spacial score (nSPS) is 31.8. The Bertz CT molecular complexity index is 1490. The van der Waals surface area contributed by atoms with Gasteiger partial charge in [0.2, 0.25) is 0 Å². The molecule has 4 atom stereocenters. The molecule has 6 aliphatic rings. The summed E-state index contributed by atoms with van der Waals surface area (Å²) in [5, 5.41) is 24.2. The topological polar surface area (TPSA) is 57.9 Å². The predicted molar refractivity (Wildman–Crippen MR) is 149 cm³/mol. The minimum Gasteiger partial charge on any atom is -0.504 e. The molecule has 3 aromatic rings. The van der Waals surface area contributed by atoms with Crippen LogP contribution in [0.5, 0.6) is 11.5 Å². The summed E-state index contributed by atoms with van der Waals surface area (Å²) in [4.78, 5) is 2.64. The van der Waals surface area contributed by atoms with Crippen LogP contribution in [0.25, 0.3) is 0 Å². The van der Waals surface area contributed by atoms with Crippen molar-refractivity contribution in [1.82, 2.24) is 9.47 Å². The Morgan fingerprint density at radius 2 is 1.85 bits per heavy atom. The standard InChI is InChI=1S/C34H38N2O3/c37-27-13-12-23-18-28-34(38)19-25-24-8-4-5-9-26(24)36(16-14-21-6-2-1-3-7-21)30(25)32-33(34,29(23)31(27)39-32)15-17-35(28)20-22-10-11-22/h1-3,6-7,12-13,22,28,32,37-38H,4-5,8-11,14-20H2/t28-,32+,33+,34-/m1/s1. The first-order valence-corrected chi connectivity index (χ1v) is 15.3. The Hall–Kier alpha value is -2.76. The van der Waals surface area contributed by atoms with Gasteiger partial charge in [0.25, 0.3) is 0 Å². The second-order valence-corrected chi connectivity index (χ2v) is 13.3. The number of hydrogen-bond donors (Lipinski definition) is 2. The molecule has 5 nitrogen and oxygen atoms in total. The van der Waals surface area contributed by atoms with E-state index in [1.165, 1.54) is 59.3 Å². The van der Waals surface area contributed by atoms with Crippen molar-refractivity contribution in [2.75, 3.05) is 13.1 Å². The average molecular weight is 523 g/mol. The fourth-order valence-corrected chi connectivity index (χ4v) is 9.54. The van der Waals surface area contributed by atoms with Gasteiger partial charge < -0.3 is 19.5 Å². The van der Waals surface area contributed by atoms with Gasteiger partial charge in [0, 0.05) is 36.8 Å². The van der Waals surface area contributed by atoms with Crippen LogP contribution in [0.2, 0.25) is 0 Å². The first kappa shape index (κ1) is 23.0. The molecule has 1 saturated heterocycles. The van der Waals surface area contributed by atoms with Gasteiger partial charge in [0.15, 0.2) is 17.6 Å². The quantitative estimate of drug-likeness (QED) is 0.495. The molecule has 0 amide bonds. The molecule has 1 aromatic heterocycles. The van der Waals surface area contributed by atoms with E-state index in [4.69, 9.17) is 4.74 Å². The highest BCUT2D eigenvalue weighted by atomic mass is 16.5. The smallest absolute Gasteiger partial charge is 0.166 e. The van der Waals surface area contributed by atoms with Crippen molar-refractivity contribution in [3.63, 3.8) is 0 Å². The van der Waals surface area contributed by atoms with Crippen LogP contribution in [-0.4, -0.2) is 44.4 Å². The summed E-state index contributed by atoms with van der Waals surface area (Å²) in [6.07, 6.45) is 10.5. The Labute approximate surface area is 230 Å². The van der Waals surface area contributed by atoms with Gasteiger partial charge in [0.05, 0.1) is 16.7 Å². The summed E-state index contributed by atoms with van der Waals surface area (Å²) >= 11 is 0. The van der Waals surface area contributed by atoms with E-state index in [0.29, 0.717) is 12.2 Å². The molecule has 0 unspecified atom stereocenters. The van der Waals surface area contributed by atoms with Crippen molar-refractivity contribution < 1.29 is 14.9 Å². The Kier molecular flexibility index (Phi) is 4.67. The summed E-state index contributed by atoms with van der Waals surface area (Å²) in [6, 6.07) is 14.9. The molecule has 2 aromatic carbocycles. The number of nitrogens with zero attached hydrogens (tertiary/aromatic N) is 2. The number of phenolic OH excluding ortho intramolecular Hbond substituents is 1. The van der Waals surface area contributed by atoms with Gasteiger partial charge in [0.1, 0.15) is 0 Å². The number of aromatic hydroxyl groups is 1. The van der Waals surface area contributed by atoms with Crippen LogP contribution < -0.4 is 4.74 Å². The molecule has 5 heteroatoms. The molecule has 2 bridgehead atoms. The van der Waals surface area contributed by atoms with Crippen molar-refractivity contribution in [2.24, 2.45) is 5.92 Å². The highest BCUT2D eigenvalue weighted by Gasteiger charge is 2.73. The lowest BCUT2D eigenvalue weighted by atomic mass is 9.49. The zero-order valence-corrected chi connectivity index (χ0v) is 22.7. The molecule has 0 radical (unpaired) electrons. The summed E-state index contributed by atoms with van der Waals surface area (Å²) in [7, 11) is 0. The fourth-order valence-electron chi connectivity index (χ4n) is 9.54. The van der Waals surface area contributed by atoms with Crippen LogP contribution in [0.3, 0.4) is 0 Å². The van der Waals surface area contributed by atoms with Crippen molar-refractivity contribution in [1.29, 1.82) is 0 Å². The van der Waals surface area contributed by atoms with Crippen LogP contribution in [0.15, 0.2) is 42.5 Å². The molecule has 4 aliphatic carbocycles. The second-order valence-electron chi connectivity index (χ2n) is 13.3. The zero-order valence-electron chi connectivity index (χ0n) is 22.7. The van der Waals surface area contributed by atoms with Crippen molar-refractivity contribution in [2.45, 2.75) is 93.9 Å². The summed E-state index contributed by atoms with van der Waals surface area (Å²) in [5.74, 6) is 1.67. The van der Waals surface area contributed by atoms with E-state index in [9.17, 15) is 10.2 Å². The molecule has 9 rings (SSSR count). The minimum absolute atomic E-state index is 0.0982. The van der Waals surface area contributed by atoms with Gasteiger partial charge in [-0.15, -0.1) is 0 Å². The first-order valence-electron chi connectivity index (χ1n) is 15.3. The number of rotatable bonds is 5. The number of likely N-dealkylation sites (tertiary alicyclic amines) is 1. The molecule has 2 fully saturated rings. The largest absolute Gasteiger partial charge is 0.504 e. The molecule has 3 heterocycles. The minimum atomic E-state index is -0.888. The Morgan fingerprint density at radius 1 is 1.00 bits per heavy atom. The zero-order chi connectivity index (χ0) is 25.9. The number of aliphatic hydroxyl groups is 1. The van der Waals surface area contributed by atoms with E-state index in [-0.39, 0.29) is 17.9 Å². The van der Waals surface area contributed by atoms with Crippen LogP contribution in [0.1, 0.15) is 77.4 Å². The Balaban J connectivity index is 1.25. The van der Waals surface area contributed by atoms with E-state index in [1.54, 1.807) is 0 Å². The van der Waals surface area contributed by atoms with Gasteiger partial charge in [-0.3, -0.25) is 4.90 Å². The van der Waals surface area contributed by atoms with Crippen molar-refractivity contribution in [3.8, 4) is 11.5 Å². The predicted octanol–water partition coefficient (Wildman–Crippen LogP) is 5.01. The summed E-state index contributed by atoms with van der Waals surface area (Å²) in [6.45, 7) is 3.04. The first-order chi connectivity index (χ1) is 19.1. The lowest BCUT2D eigenvalue weighted by molar-refractivity contribution is -0.174. The van der Waals surface area contributed by atoms with Gasteiger partial charge in [-0.25, -0.2) is 0 Å². The number of aromatic nitrogens is 1. The highest BCUT2D eigenvalue weighted by molar-refractivity contribution is 5.65. The van der Waals surface area contributed by atoms with E-state index >= 15 is 0 Å². The monoisotopic (exact) mass is 522 g/mol. The molecular weight excluding hydrogens is 484 g/mol. The van der Waals surface area contributed by atoms with E-state index in [1.807, 2.05) is 6.07 Å². The molecular formula is C34H38N2O3. The molecule has 2 aliphatic heterocycles. The number of aryl methyl sites for hydroxylation is 1. The van der Waals surface area contributed by atoms with Crippen molar-refractivity contribution in [3.05, 3.63) is 81.7 Å². The number of fused-ring (bicyclic) bond motifs is 4. The molecule has 202 valence electrons. The van der Waals surface area contributed by atoms with Gasteiger partial charge in [-0.1, -0.05) is 36.4 Å². The number of phenols is 1. The fraction of sp³-hybridized carbons (Fsp3) is 0.529. The van der Waals surface area contributed by atoms with Crippen molar-refractivity contribution >= 4 is 0 Å².